The van der Waals surface area contributed by atoms with Crippen molar-refractivity contribution in [1.29, 1.82) is 0 Å². The zero-order valence-corrected chi connectivity index (χ0v) is 16.7. The molecule has 1 aromatic heterocycles. The molecule has 1 heterocycles. The van der Waals surface area contributed by atoms with Gasteiger partial charge in [-0.1, -0.05) is 74.0 Å². The van der Waals surface area contributed by atoms with Gasteiger partial charge in [0.1, 0.15) is 6.23 Å². The first-order chi connectivity index (χ1) is 14.5. The molecule has 7 nitrogen and oxygen atoms in total. The molecule has 1 atom stereocenters. The number of hydrogen-bond donors (Lipinski definition) is 3. The van der Waals surface area contributed by atoms with Gasteiger partial charge in [-0.2, -0.15) is 5.10 Å². The van der Waals surface area contributed by atoms with Crippen LogP contribution in [0.2, 0.25) is 0 Å². The minimum absolute atomic E-state index is 0.253. The van der Waals surface area contributed by atoms with Crippen LogP contribution in [0.5, 0.6) is 5.75 Å². The normalized spacial score (nSPS) is 12.0. The summed E-state index contributed by atoms with van der Waals surface area (Å²) < 4.78 is 0. The zero-order valence-electron chi connectivity index (χ0n) is 16.7. The predicted molar refractivity (Wildman–Crippen MR) is 113 cm³/mol. The number of aliphatic hydroxyl groups excluding tert-OH is 1. The van der Waals surface area contributed by atoms with E-state index < -0.39 is 29.2 Å². The van der Waals surface area contributed by atoms with Crippen molar-refractivity contribution < 1.29 is 15.0 Å². The number of H-pyrrole nitrogens is 1. The Bertz CT molecular complexity index is 982. The van der Waals surface area contributed by atoms with E-state index in [4.69, 9.17) is 0 Å². The van der Waals surface area contributed by atoms with E-state index in [1.807, 2.05) is 67.6 Å². The Morgan fingerprint density at radius 3 is 2.17 bits per heavy atom. The molecule has 1 amide bonds. The Hall–Kier alpha value is -3.45. The number of hydrogen-bond acceptors (Lipinski definition) is 5. The number of nitrogens with one attached hydrogen (secondary N) is 1. The number of nitrogens with zero attached hydrogens (tertiary/aromatic N) is 2. The summed E-state index contributed by atoms with van der Waals surface area (Å²) in [5, 5.41) is 27.5. The number of rotatable bonds is 8. The van der Waals surface area contributed by atoms with Gasteiger partial charge in [-0.05, 0) is 17.5 Å². The van der Waals surface area contributed by atoms with Crippen molar-refractivity contribution in [1.82, 2.24) is 15.1 Å². The van der Waals surface area contributed by atoms with E-state index in [0.717, 1.165) is 23.7 Å². The number of carbonyl (C=O) groups is 1. The van der Waals surface area contributed by atoms with Gasteiger partial charge in [0, 0.05) is 6.54 Å². The van der Waals surface area contributed by atoms with Crippen LogP contribution < -0.4 is 5.43 Å². The van der Waals surface area contributed by atoms with Crippen LogP contribution in [0.1, 0.15) is 47.3 Å². The number of aromatic nitrogens is 2. The molecule has 7 heteroatoms. The molecule has 0 saturated carbocycles. The van der Waals surface area contributed by atoms with Crippen molar-refractivity contribution in [2.75, 3.05) is 6.54 Å². The number of aliphatic hydroxyl groups is 1. The summed E-state index contributed by atoms with van der Waals surface area (Å²) in [4.78, 5) is 26.3. The second-order valence-corrected chi connectivity index (χ2v) is 7.02. The molecule has 0 saturated heterocycles. The third-order valence-electron chi connectivity index (χ3n) is 4.99. The van der Waals surface area contributed by atoms with E-state index in [1.54, 1.807) is 0 Å². The Labute approximate surface area is 174 Å². The first-order valence-corrected chi connectivity index (χ1v) is 9.90. The van der Waals surface area contributed by atoms with Crippen molar-refractivity contribution in [3.63, 3.8) is 0 Å². The molecule has 0 radical (unpaired) electrons. The van der Waals surface area contributed by atoms with Crippen LogP contribution in [0.15, 0.2) is 71.7 Å². The lowest BCUT2D eigenvalue weighted by molar-refractivity contribution is -0.00203. The van der Waals surface area contributed by atoms with E-state index in [9.17, 15) is 19.8 Å². The summed E-state index contributed by atoms with van der Waals surface area (Å²) in [7, 11) is 0. The fourth-order valence-corrected chi connectivity index (χ4v) is 3.41. The van der Waals surface area contributed by atoms with Crippen LogP contribution in [0.25, 0.3) is 0 Å². The third-order valence-corrected chi connectivity index (χ3v) is 4.99. The maximum Gasteiger partial charge on any atom is 0.277 e. The SMILES string of the molecule is CCCCN(C(=O)c1[nH]ncc(=O)c1O)C(O)C(c1ccccc1)c1ccccc1. The Kier molecular flexibility index (Phi) is 6.98. The maximum atomic E-state index is 13.2. The van der Waals surface area contributed by atoms with E-state index >= 15 is 0 Å². The summed E-state index contributed by atoms with van der Waals surface area (Å²) in [6, 6.07) is 18.9. The van der Waals surface area contributed by atoms with Crippen LogP contribution >= 0.6 is 0 Å². The molecule has 0 aliphatic heterocycles. The fraction of sp³-hybridized carbons (Fsp3) is 0.261. The number of aromatic hydroxyl groups is 1. The summed E-state index contributed by atoms with van der Waals surface area (Å²) in [6.45, 7) is 2.23. The smallest absolute Gasteiger partial charge is 0.277 e. The highest BCUT2D eigenvalue weighted by Gasteiger charge is 2.33. The van der Waals surface area contributed by atoms with Crippen molar-refractivity contribution >= 4 is 5.91 Å². The van der Waals surface area contributed by atoms with Crippen molar-refractivity contribution in [3.05, 3.63) is 93.9 Å². The van der Waals surface area contributed by atoms with Gasteiger partial charge < -0.3 is 15.1 Å². The van der Waals surface area contributed by atoms with Gasteiger partial charge in [0.2, 0.25) is 5.43 Å². The van der Waals surface area contributed by atoms with Gasteiger partial charge in [-0.3, -0.25) is 14.7 Å². The third kappa shape index (κ3) is 4.58. The fourth-order valence-electron chi connectivity index (χ4n) is 3.41. The van der Waals surface area contributed by atoms with E-state index in [2.05, 4.69) is 10.2 Å². The minimum Gasteiger partial charge on any atom is -0.502 e. The lowest BCUT2D eigenvalue weighted by Crippen LogP contribution is -2.45. The van der Waals surface area contributed by atoms with Crippen LogP contribution in [-0.4, -0.2) is 44.0 Å². The highest BCUT2D eigenvalue weighted by Crippen LogP contribution is 2.31. The number of amides is 1. The molecule has 3 aromatic rings. The van der Waals surface area contributed by atoms with Crippen LogP contribution in [0, 0.1) is 0 Å². The number of benzene rings is 2. The van der Waals surface area contributed by atoms with Crippen LogP contribution in [0.4, 0.5) is 0 Å². The average molecular weight is 407 g/mol. The van der Waals surface area contributed by atoms with Crippen molar-refractivity contribution in [2.24, 2.45) is 0 Å². The Morgan fingerprint density at radius 1 is 1.07 bits per heavy atom. The molecular weight excluding hydrogens is 382 g/mol. The van der Waals surface area contributed by atoms with Crippen LogP contribution in [0.3, 0.4) is 0 Å². The second kappa shape index (κ2) is 9.84. The average Bonchev–Trinajstić information content (AvgIpc) is 2.77. The lowest BCUT2D eigenvalue weighted by atomic mass is 9.89. The van der Waals surface area contributed by atoms with Gasteiger partial charge in [0.05, 0.1) is 12.1 Å². The van der Waals surface area contributed by atoms with Crippen molar-refractivity contribution in [3.8, 4) is 5.75 Å². The molecule has 1 unspecified atom stereocenters. The van der Waals surface area contributed by atoms with E-state index in [-0.39, 0.29) is 12.2 Å². The Balaban J connectivity index is 2.05. The summed E-state index contributed by atoms with van der Waals surface area (Å²) >= 11 is 0. The van der Waals surface area contributed by atoms with E-state index in [0.29, 0.717) is 6.42 Å². The molecule has 3 rings (SSSR count). The molecular formula is C23H25N3O4. The van der Waals surface area contributed by atoms with Gasteiger partial charge >= 0.3 is 0 Å². The van der Waals surface area contributed by atoms with Gasteiger partial charge in [-0.15, -0.1) is 0 Å². The van der Waals surface area contributed by atoms with Crippen molar-refractivity contribution in [2.45, 2.75) is 31.9 Å². The molecule has 156 valence electrons. The number of aromatic amines is 1. The summed E-state index contributed by atoms with van der Waals surface area (Å²) in [6.07, 6.45) is 1.12. The standard InChI is InChI=1S/C23H25N3O4/c1-2-3-14-26(23(30)20-21(28)18(27)15-24-25-20)22(29)19(16-10-6-4-7-11-16)17-12-8-5-9-13-17/h4-13,15,19,22,29H,2-3,14H2,1H3,(H,24,28)(H,25,27). The molecule has 0 fully saturated rings. The zero-order chi connectivity index (χ0) is 21.5. The topological polar surface area (TPSA) is 107 Å². The second-order valence-electron chi connectivity index (χ2n) is 7.02. The highest BCUT2D eigenvalue weighted by atomic mass is 16.3. The van der Waals surface area contributed by atoms with Gasteiger partial charge in [0.15, 0.2) is 11.4 Å². The molecule has 30 heavy (non-hydrogen) atoms. The molecule has 0 aliphatic rings. The largest absolute Gasteiger partial charge is 0.502 e. The molecule has 0 bridgehead atoms. The number of unbranched alkanes of at least 4 members (excludes halogenated alkanes) is 1. The summed E-state index contributed by atoms with van der Waals surface area (Å²) in [5.41, 5.74) is 0.589. The maximum absolute atomic E-state index is 13.2. The molecule has 0 spiro atoms. The number of carbonyl (C=O) groups excluding carboxylic acids is 1. The Morgan fingerprint density at radius 2 is 1.63 bits per heavy atom. The highest BCUT2D eigenvalue weighted by molar-refractivity contribution is 5.94. The predicted octanol–water partition coefficient (Wildman–Crippen LogP) is 2.87. The minimum atomic E-state index is -1.23. The van der Waals surface area contributed by atoms with Gasteiger partial charge in [-0.25, -0.2) is 0 Å². The molecule has 0 aliphatic carbocycles. The van der Waals surface area contributed by atoms with Crippen LogP contribution in [-0.2, 0) is 0 Å². The molecule has 2 aromatic carbocycles. The molecule has 3 N–H and O–H groups in total. The first-order valence-electron chi connectivity index (χ1n) is 9.90. The summed E-state index contributed by atoms with van der Waals surface area (Å²) in [5.74, 6) is -1.91. The monoisotopic (exact) mass is 407 g/mol. The van der Waals surface area contributed by atoms with Gasteiger partial charge in [0.25, 0.3) is 5.91 Å². The lowest BCUT2D eigenvalue weighted by Gasteiger charge is -2.34. The van der Waals surface area contributed by atoms with E-state index in [1.165, 1.54) is 4.90 Å². The quantitative estimate of drug-likeness (QED) is 0.498. The first kappa shape index (κ1) is 21.3.